The van der Waals surface area contributed by atoms with Crippen LogP contribution in [-0.4, -0.2) is 44.2 Å². The van der Waals surface area contributed by atoms with E-state index in [2.05, 4.69) is 15.0 Å². The molecule has 1 aliphatic rings. The summed E-state index contributed by atoms with van der Waals surface area (Å²) < 4.78 is 38.8. The molecule has 2 aromatic carbocycles. The molecule has 4 rings (SSSR count). The molecule has 0 spiro atoms. The predicted octanol–water partition coefficient (Wildman–Crippen LogP) is 4.23. The number of sulfonamides is 1. The van der Waals surface area contributed by atoms with Crippen molar-refractivity contribution in [1.29, 1.82) is 0 Å². The van der Waals surface area contributed by atoms with Gasteiger partial charge in [0.05, 0.1) is 10.6 Å². The number of carbonyl (C=O) groups is 1. The predicted molar refractivity (Wildman–Crippen MR) is 131 cm³/mol. The first-order valence-electron chi connectivity index (χ1n) is 9.79. The zero-order valence-electron chi connectivity index (χ0n) is 17.4. The van der Waals surface area contributed by atoms with Crippen molar-refractivity contribution >= 4 is 55.8 Å². The Morgan fingerprint density at radius 3 is 2.73 bits per heavy atom. The number of nitrogens with zero attached hydrogens (tertiary/aromatic N) is 1. The minimum absolute atomic E-state index is 0.0354. The van der Waals surface area contributed by atoms with Crippen LogP contribution in [-0.2, 0) is 14.8 Å². The van der Waals surface area contributed by atoms with Crippen molar-refractivity contribution in [2.24, 2.45) is 0 Å². The number of rotatable bonds is 9. The first-order valence-corrected chi connectivity index (χ1v) is 13.9. The van der Waals surface area contributed by atoms with Gasteiger partial charge in [-0.3, -0.25) is 4.79 Å². The molecule has 2 heterocycles. The monoisotopic (exact) mass is 525 g/mol. The number of hydrogen-bond donors (Lipinski definition) is 2. The summed E-state index contributed by atoms with van der Waals surface area (Å²) in [4.78, 5) is 17.4. The molecule has 0 saturated heterocycles. The van der Waals surface area contributed by atoms with E-state index in [0.717, 1.165) is 5.56 Å². The molecule has 1 atom stereocenters. The van der Waals surface area contributed by atoms with Gasteiger partial charge in [0.1, 0.15) is 6.04 Å². The van der Waals surface area contributed by atoms with Gasteiger partial charge in [0.2, 0.25) is 22.7 Å². The minimum atomic E-state index is -3.91. The van der Waals surface area contributed by atoms with Crippen LogP contribution in [0.4, 0.5) is 5.13 Å². The number of anilines is 1. The molecular weight excluding hydrogens is 506 g/mol. The molecule has 0 radical (unpaired) electrons. The SMILES string of the molecule is CSCC[C@H](NS(=O)(=O)c1ccc(Cl)cc1)C(=O)Nc1nc(-c2ccc3c(c2)OCO3)cs1. The Bertz CT molecular complexity index is 1250. The average Bonchev–Trinajstić information content (AvgIpc) is 3.45. The summed E-state index contributed by atoms with van der Waals surface area (Å²) >= 11 is 8.62. The first-order chi connectivity index (χ1) is 15.9. The van der Waals surface area contributed by atoms with E-state index < -0.39 is 22.0 Å². The van der Waals surface area contributed by atoms with Crippen LogP contribution in [0.5, 0.6) is 11.5 Å². The van der Waals surface area contributed by atoms with Crippen molar-refractivity contribution < 1.29 is 22.7 Å². The number of fused-ring (bicyclic) bond motifs is 1. The Balaban J connectivity index is 1.48. The molecule has 0 fully saturated rings. The van der Waals surface area contributed by atoms with Gasteiger partial charge < -0.3 is 14.8 Å². The minimum Gasteiger partial charge on any atom is -0.454 e. The normalized spacial score (nSPS) is 13.6. The zero-order valence-corrected chi connectivity index (χ0v) is 20.6. The van der Waals surface area contributed by atoms with Crippen molar-refractivity contribution in [3.8, 4) is 22.8 Å². The van der Waals surface area contributed by atoms with Gasteiger partial charge in [-0.15, -0.1) is 11.3 Å². The number of aromatic nitrogens is 1. The lowest BCUT2D eigenvalue weighted by atomic mass is 10.1. The van der Waals surface area contributed by atoms with Crippen molar-refractivity contribution in [1.82, 2.24) is 9.71 Å². The molecule has 2 N–H and O–H groups in total. The van der Waals surface area contributed by atoms with Crippen molar-refractivity contribution in [2.75, 3.05) is 24.1 Å². The first kappa shape index (κ1) is 23.8. The van der Waals surface area contributed by atoms with Crippen LogP contribution in [0.25, 0.3) is 11.3 Å². The Morgan fingerprint density at radius 1 is 1.21 bits per heavy atom. The van der Waals surface area contributed by atoms with Crippen LogP contribution in [0.15, 0.2) is 52.7 Å². The van der Waals surface area contributed by atoms with Crippen LogP contribution < -0.4 is 19.5 Å². The van der Waals surface area contributed by atoms with Crippen LogP contribution >= 0.6 is 34.7 Å². The smallest absolute Gasteiger partial charge is 0.244 e. The van der Waals surface area contributed by atoms with Crippen LogP contribution in [0.1, 0.15) is 6.42 Å². The lowest BCUT2D eigenvalue weighted by molar-refractivity contribution is -0.117. The van der Waals surface area contributed by atoms with Crippen LogP contribution in [0.2, 0.25) is 5.02 Å². The molecule has 0 saturated carbocycles. The van der Waals surface area contributed by atoms with Gasteiger partial charge in [-0.1, -0.05) is 11.6 Å². The van der Waals surface area contributed by atoms with Gasteiger partial charge >= 0.3 is 0 Å². The second-order valence-electron chi connectivity index (χ2n) is 7.00. The number of ether oxygens (including phenoxy) is 2. The third-order valence-corrected chi connectivity index (χ3v) is 7.89. The summed E-state index contributed by atoms with van der Waals surface area (Å²) in [6, 6.07) is 10.3. The summed E-state index contributed by atoms with van der Waals surface area (Å²) in [6.45, 7) is 0.181. The van der Waals surface area contributed by atoms with E-state index in [9.17, 15) is 13.2 Å². The number of thioether (sulfide) groups is 1. The second kappa shape index (κ2) is 10.3. The Kier molecular flexibility index (Phi) is 7.45. The van der Waals surface area contributed by atoms with Gasteiger partial charge in [0.25, 0.3) is 0 Å². The fourth-order valence-corrected chi connectivity index (χ4v) is 5.61. The van der Waals surface area contributed by atoms with Gasteiger partial charge in [-0.2, -0.15) is 16.5 Å². The number of nitrogens with one attached hydrogen (secondary N) is 2. The maximum Gasteiger partial charge on any atom is 0.244 e. The van der Waals surface area contributed by atoms with E-state index in [1.165, 1.54) is 47.4 Å². The average molecular weight is 526 g/mol. The highest BCUT2D eigenvalue weighted by molar-refractivity contribution is 7.98. The van der Waals surface area contributed by atoms with Gasteiger partial charge in [-0.05, 0) is 60.9 Å². The third kappa shape index (κ3) is 5.79. The molecule has 1 amide bonds. The van der Waals surface area contributed by atoms with Gasteiger partial charge in [0.15, 0.2) is 16.6 Å². The number of benzene rings is 2. The highest BCUT2D eigenvalue weighted by atomic mass is 35.5. The number of hydrogen-bond acceptors (Lipinski definition) is 8. The molecule has 33 heavy (non-hydrogen) atoms. The number of thiazole rings is 1. The van der Waals surface area contributed by atoms with E-state index in [0.29, 0.717) is 39.5 Å². The van der Waals surface area contributed by atoms with Crippen LogP contribution in [0, 0.1) is 0 Å². The molecule has 12 heteroatoms. The fraction of sp³-hybridized carbons (Fsp3) is 0.238. The van der Waals surface area contributed by atoms with Crippen molar-refractivity contribution in [3.63, 3.8) is 0 Å². The molecule has 1 aromatic heterocycles. The van der Waals surface area contributed by atoms with Crippen molar-refractivity contribution in [3.05, 3.63) is 52.9 Å². The summed E-state index contributed by atoms with van der Waals surface area (Å²) in [5, 5.41) is 5.33. The molecule has 0 bridgehead atoms. The van der Waals surface area contributed by atoms with E-state index in [4.69, 9.17) is 21.1 Å². The Morgan fingerprint density at radius 2 is 1.97 bits per heavy atom. The van der Waals surface area contributed by atoms with Crippen LogP contribution in [0.3, 0.4) is 0 Å². The van der Waals surface area contributed by atoms with E-state index in [1.807, 2.05) is 23.8 Å². The lowest BCUT2D eigenvalue weighted by Gasteiger charge is -2.17. The van der Waals surface area contributed by atoms with E-state index in [-0.39, 0.29) is 11.7 Å². The van der Waals surface area contributed by atoms with Gasteiger partial charge in [-0.25, -0.2) is 13.4 Å². The van der Waals surface area contributed by atoms with E-state index in [1.54, 1.807) is 6.07 Å². The summed E-state index contributed by atoms with van der Waals surface area (Å²) in [6.07, 6.45) is 2.21. The Hall–Kier alpha value is -2.31. The summed E-state index contributed by atoms with van der Waals surface area (Å²) in [5.41, 5.74) is 1.48. The Labute approximate surface area is 204 Å². The molecule has 174 valence electrons. The standard InChI is InChI=1S/C21H20ClN3O5S3/c1-31-9-8-16(25-33(27,28)15-5-3-14(22)4-6-15)20(26)24-21-23-17(11-32-21)13-2-7-18-19(10-13)30-12-29-18/h2-7,10-11,16,25H,8-9,12H2,1H3,(H,23,24,26)/t16-/m0/s1. The lowest BCUT2D eigenvalue weighted by Crippen LogP contribution is -2.44. The number of carbonyl (C=O) groups excluding carboxylic acids is 1. The molecule has 1 aliphatic heterocycles. The molecule has 8 nitrogen and oxygen atoms in total. The topological polar surface area (TPSA) is 107 Å². The highest BCUT2D eigenvalue weighted by Crippen LogP contribution is 2.36. The van der Waals surface area contributed by atoms with Gasteiger partial charge in [0, 0.05) is 16.0 Å². The summed E-state index contributed by atoms with van der Waals surface area (Å²) in [7, 11) is -3.91. The quantitative estimate of drug-likeness (QED) is 0.430. The summed E-state index contributed by atoms with van der Waals surface area (Å²) in [5.74, 6) is 1.43. The highest BCUT2D eigenvalue weighted by Gasteiger charge is 2.26. The number of amides is 1. The third-order valence-electron chi connectivity index (χ3n) is 4.75. The van der Waals surface area contributed by atoms with E-state index >= 15 is 0 Å². The molecule has 3 aromatic rings. The molecular formula is C21H20ClN3O5S3. The maximum absolute atomic E-state index is 12.9. The molecule has 0 unspecified atom stereocenters. The van der Waals surface area contributed by atoms with Crippen molar-refractivity contribution in [2.45, 2.75) is 17.4 Å². The zero-order chi connectivity index (χ0) is 23.4. The largest absolute Gasteiger partial charge is 0.454 e. The second-order valence-corrected chi connectivity index (χ2v) is 11.0. The fourth-order valence-electron chi connectivity index (χ4n) is 3.06. The maximum atomic E-state index is 12.9. The number of halogens is 1. The molecule has 0 aliphatic carbocycles.